The Kier molecular flexibility index (Phi) is 5.98. The van der Waals surface area contributed by atoms with Gasteiger partial charge in [0.1, 0.15) is 23.9 Å². The molecule has 0 spiro atoms. The number of methoxy groups -OCH3 is 1. The van der Waals surface area contributed by atoms with E-state index in [0.717, 1.165) is 10.6 Å². The Morgan fingerprint density at radius 1 is 1.15 bits per heavy atom. The molecule has 26 heavy (non-hydrogen) atoms. The normalized spacial score (nSPS) is 10.3. The second-order valence-electron chi connectivity index (χ2n) is 5.23. The smallest absolute Gasteiger partial charge is 0.325 e. The number of thiazole rings is 1. The predicted octanol–water partition coefficient (Wildman–Crippen LogP) is 3.35. The van der Waals surface area contributed by atoms with Crippen LogP contribution in [-0.2, 0) is 16.1 Å². The summed E-state index contributed by atoms with van der Waals surface area (Å²) in [5.74, 6) is -0.207. The lowest BCUT2D eigenvalue weighted by atomic mass is 10.2. The van der Waals surface area contributed by atoms with E-state index >= 15 is 0 Å². The van der Waals surface area contributed by atoms with Crippen molar-refractivity contribution in [1.29, 1.82) is 0 Å². The summed E-state index contributed by atoms with van der Waals surface area (Å²) in [5, 5.41) is 9.29. The van der Waals surface area contributed by atoms with Crippen molar-refractivity contribution in [2.75, 3.05) is 13.7 Å². The third-order valence-corrected chi connectivity index (χ3v) is 5.07. The maximum atomic E-state index is 12.0. The average Bonchev–Trinajstić information content (AvgIpc) is 3.36. The van der Waals surface area contributed by atoms with Crippen LogP contribution in [0.4, 0.5) is 0 Å². The van der Waals surface area contributed by atoms with E-state index in [1.165, 1.54) is 11.3 Å². The van der Waals surface area contributed by atoms with Gasteiger partial charge in [-0.15, -0.1) is 11.3 Å². The number of nitrogens with one attached hydrogen (secondary N) is 1. The molecule has 0 saturated carbocycles. The number of nitrogens with zero attached hydrogens (tertiary/aromatic N) is 1. The molecular weight excluding hydrogens is 372 g/mol. The van der Waals surface area contributed by atoms with Crippen molar-refractivity contribution in [2.45, 2.75) is 6.61 Å². The monoisotopic (exact) mass is 388 g/mol. The summed E-state index contributed by atoms with van der Waals surface area (Å²) in [6.45, 7) is -0.121. The second kappa shape index (κ2) is 8.59. The lowest BCUT2D eigenvalue weighted by molar-refractivity contribution is -0.143. The number of hydrogen-bond acceptors (Lipinski definition) is 7. The number of esters is 1. The van der Waals surface area contributed by atoms with Gasteiger partial charge in [-0.3, -0.25) is 9.59 Å². The summed E-state index contributed by atoms with van der Waals surface area (Å²) >= 11 is 3.11. The van der Waals surface area contributed by atoms with Gasteiger partial charge < -0.3 is 14.8 Å². The molecule has 8 heteroatoms. The van der Waals surface area contributed by atoms with Crippen molar-refractivity contribution in [3.63, 3.8) is 0 Å². The molecule has 0 atom stereocenters. The maximum Gasteiger partial charge on any atom is 0.325 e. The Balaban J connectivity index is 1.44. The summed E-state index contributed by atoms with van der Waals surface area (Å²) in [7, 11) is 1.55. The molecular formula is C18H16N2O4S2. The summed E-state index contributed by atoms with van der Waals surface area (Å²) < 4.78 is 10.2. The van der Waals surface area contributed by atoms with Crippen molar-refractivity contribution >= 4 is 34.6 Å². The van der Waals surface area contributed by atoms with E-state index in [0.29, 0.717) is 17.0 Å². The van der Waals surface area contributed by atoms with Crippen LogP contribution in [0.25, 0.3) is 10.6 Å². The molecule has 2 heterocycles. The molecule has 1 amide bonds. The molecule has 1 aromatic carbocycles. The van der Waals surface area contributed by atoms with Crippen molar-refractivity contribution < 1.29 is 19.1 Å². The first-order chi connectivity index (χ1) is 12.7. The molecule has 6 nitrogen and oxygen atoms in total. The van der Waals surface area contributed by atoms with Crippen LogP contribution in [-0.4, -0.2) is 30.5 Å². The highest BCUT2D eigenvalue weighted by molar-refractivity contribution is 7.14. The van der Waals surface area contributed by atoms with Crippen LogP contribution in [0.2, 0.25) is 0 Å². The molecule has 3 aromatic rings. The van der Waals surface area contributed by atoms with E-state index in [9.17, 15) is 9.59 Å². The van der Waals surface area contributed by atoms with Gasteiger partial charge in [-0.25, -0.2) is 4.98 Å². The summed E-state index contributed by atoms with van der Waals surface area (Å²) in [6, 6.07) is 8.61. The van der Waals surface area contributed by atoms with Crippen LogP contribution < -0.4 is 10.1 Å². The largest absolute Gasteiger partial charge is 0.497 e. The number of hydrogen-bond donors (Lipinski definition) is 1. The fourth-order valence-electron chi connectivity index (χ4n) is 2.09. The molecule has 3 rings (SSSR count). The molecule has 0 fully saturated rings. The summed E-state index contributed by atoms with van der Waals surface area (Å²) in [4.78, 5) is 28.2. The van der Waals surface area contributed by atoms with Gasteiger partial charge in [-0.2, -0.15) is 11.3 Å². The number of aromatic nitrogens is 1. The average molecular weight is 388 g/mol. The Bertz CT molecular complexity index is 873. The van der Waals surface area contributed by atoms with Crippen molar-refractivity contribution in [3.05, 3.63) is 57.7 Å². The van der Waals surface area contributed by atoms with Gasteiger partial charge in [-0.1, -0.05) is 0 Å². The van der Waals surface area contributed by atoms with Gasteiger partial charge in [0.05, 0.1) is 12.8 Å². The second-order valence-corrected chi connectivity index (χ2v) is 6.87. The van der Waals surface area contributed by atoms with E-state index in [1.807, 2.05) is 22.2 Å². The highest BCUT2D eigenvalue weighted by Crippen LogP contribution is 2.25. The molecule has 0 saturated heterocycles. The SMILES string of the molecule is COc1ccc(C(=O)NCC(=O)OCc2csc(-c3ccsc3)n2)cc1. The Labute approximate surface area is 158 Å². The Morgan fingerprint density at radius 2 is 1.96 bits per heavy atom. The lowest BCUT2D eigenvalue weighted by Crippen LogP contribution is -2.30. The van der Waals surface area contributed by atoms with Crippen molar-refractivity contribution in [1.82, 2.24) is 10.3 Å². The molecule has 0 aliphatic heterocycles. The number of ether oxygens (including phenoxy) is 2. The quantitative estimate of drug-likeness (QED) is 0.628. The molecule has 0 aliphatic carbocycles. The third-order valence-electron chi connectivity index (χ3n) is 3.45. The highest BCUT2D eigenvalue weighted by Gasteiger charge is 2.11. The van der Waals surface area contributed by atoms with E-state index in [1.54, 1.807) is 42.7 Å². The summed E-state index contributed by atoms with van der Waals surface area (Å²) in [6.07, 6.45) is 0. The molecule has 0 radical (unpaired) electrons. The summed E-state index contributed by atoms with van der Waals surface area (Å²) in [5.41, 5.74) is 2.19. The van der Waals surface area contributed by atoms with E-state index in [2.05, 4.69) is 10.3 Å². The first-order valence-corrected chi connectivity index (χ1v) is 9.53. The number of rotatable bonds is 7. The molecule has 0 unspecified atom stereocenters. The van der Waals surface area contributed by atoms with Crippen molar-refractivity contribution in [3.8, 4) is 16.3 Å². The van der Waals surface area contributed by atoms with Crippen LogP contribution in [0.1, 0.15) is 16.1 Å². The van der Waals surface area contributed by atoms with E-state index in [4.69, 9.17) is 9.47 Å². The minimum atomic E-state index is -0.517. The van der Waals surface area contributed by atoms with Crippen LogP contribution in [0.15, 0.2) is 46.5 Å². The van der Waals surface area contributed by atoms with E-state index < -0.39 is 5.97 Å². The molecule has 134 valence electrons. The molecule has 0 aliphatic rings. The van der Waals surface area contributed by atoms with Gasteiger partial charge in [-0.05, 0) is 35.7 Å². The number of benzene rings is 1. The maximum absolute atomic E-state index is 12.0. The zero-order chi connectivity index (χ0) is 18.4. The first-order valence-electron chi connectivity index (χ1n) is 7.70. The zero-order valence-electron chi connectivity index (χ0n) is 13.9. The van der Waals surface area contributed by atoms with Gasteiger partial charge in [0.15, 0.2) is 0 Å². The standard InChI is InChI=1S/C18H16N2O4S2/c1-23-15-4-2-12(3-5-15)17(22)19-8-16(21)24-9-14-11-26-18(20-14)13-6-7-25-10-13/h2-7,10-11H,8-9H2,1H3,(H,19,22). The topological polar surface area (TPSA) is 77.5 Å². The van der Waals surface area contributed by atoms with E-state index in [-0.39, 0.29) is 19.1 Å². The number of carbonyl (C=O) groups is 2. The number of carbonyl (C=O) groups excluding carboxylic acids is 2. The van der Waals surface area contributed by atoms with Crippen molar-refractivity contribution in [2.24, 2.45) is 0 Å². The van der Waals surface area contributed by atoms with Crippen LogP contribution in [0.3, 0.4) is 0 Å². The minimum Gasteiger partial charge on any atom is -0.497 e. The zero-order valence-corrected chi connectivity index (χ0v) is 15.6. The van der Waals surface area contributed by atoms with Crippen LogP contribution in [0, 0.1) is 0 Å². The van der Waals surface area contributed by atoms with Gasteiger partial charge in [0, 0.05) is 21.9 Å². The Hall–Kier alpha value is -2.71. The minimum absolute atomic E-state index is 0.0812. The molecule has 0 bridgehead atoms. The van der Waals surface area contributed by atoms with Gasteiger partial charge >= 0.3 is 5.97 Å². The number of thiophene rings is 1. The van der Waals surface area contributed by atoms with Gasteiger partial charge in [0.25, 0.3) is 5.91 Å². The van der Waals surface area contributed by atoms with Crippen LogP contribution in [0.5, 0.6) is 5.75 Å². The molecule has 2 aromatic heterocycles. The first kappa shape index (κ1) is 18.1. The fraction of sp³-hybridized carbons (Fsp3) is 0.167. The predicted molar refractivity (Wildman–Crippen MR) is 101 cm³/mol. The third kappa shape index (κ3) is 4.68. The lowest BCUT2D eigenvalue weighted by Gasteiger charge is -2.06. The van der Waals surface area contributed by atoms with Crippen LogP contribution >= 0.6 is 22.7 Å². The Morgan fingerprint density at radius 3 is 2.65 bits per heavy atom. The fourth-order valence-corrected chi connectivity index (χ4v) is 3.61. The highest BCUT2D eigenvalue weighted by atomic mass is 32.1. The molecule has 1 N–H and O–H groups in total. The van der Waals surface area contributed by atoms with Gasteiger partial charge in [0.2, 0.25) is 0 Å². The number of amides is 1.